The van der Waals surface area contributed by atoms with Gasteiger partial charge < -0.3 is 10.1 Å². The third-order valence-electron chi connectivity index (χ3n) is 3.69. The molecule has 0 aromatic heterocycles. The van der Waals surface area contributed by atoms with Crippen molar-refractivity contribution >= 4 is 40.5 Å². The Hall–Kier alpha value is -2.89. The fourth-order valence-corrected chi connectivity index (χ4v) is 2.75. The summed E-state index contributed by atoms with van der Waals surface area (Å²) in [5.74, 6) is 0.279. The Balaban J connectivity index is 1.59. The minimum Gasteiger partial charge on any atom is -0.489 e. The molecule has 1 amide bonds. The van der Waals surface area contributed by atoms with Crippen LogP contribution >= 0.6 is 23.8 Å². The summed E-state index contributed by atoms with van der Waals surface area (Å²) in [6.45, 7) is 0.429. The summed E-state index contributed by atoms with van der Waals surface area (Å²) in [6, 6.07) is 23.9. The van der Waals surface area contributed by atoms with E-state index in [1.54, 1.807) is 36.4 Å². The van der Waals surface area contributed by atoms with Gasteiger partial charge >= 0.3 is 0 Å². The SMILES string of the molecule is O=C(NC(=S)Nc1ccccc1Cl)c1cccc(OCc2ccccc2)c1. The van der Waals surface area contributed by atoms with Crippen LogP contribution in [-0.4, -0.2) is 11.0 Å². The maximum Gasteiger partial charge on any atom is 0.257 e. The number of hydrogen-bond acceptors (Lipinski definition) is 3. The van der Waals surface area contributed by atoms with E-state index in [0.717, 1.165) is 5.56 Å². The van der Waals surface area contributed by atoms with Crippen molar-refractivity contribution in [2.45, 2.75) is 6.61 Å². The number of ether oxygens (including phenoxy) is 1. The van der Waals surface area contributed by atoms with E-state index in [9.17, 15) is 4.79 Å². The molecule has 3 aromatic rings. The molecule has 0 unspecified atom stereocenters. The Labute approximate surface area is 168 Å². The van der Waals surface area contributed by atoms with Crippen LogP contribution in [0.1, 0.15) is 15.9 Å². The van der Waals surface area contributed by atoms with Gasteiger partial charge in [-0.05, 0) is 48.1 Å². The zero-order valence-corrected chi connectivity index (χ0v) is 15.9. The first-order chi connectivity index (χ1) is 13.1. The van der Waals surface area contributed by atoms with Crippen LogP contribution in [0.3, 0.4) is 0 Å². The normalized spacial score (nSPS) is 10.1. The molecule has 0 aliphatic rings. The quantitative estimate of drug-likeness (QED) is 0.593. The van der Waals surface area contributed by atoms with Crippen LogP contribution in [0.25, 0.3) is 0 Å². The Morgan fingerprint density at radius 1 is 0.963 bits per heavy atom. The summed E-state index contributed by atoms with van der Waals surface area (Å²) < 4.78 is 5.75. The molecule has 0 heterocycles. The molecule has 27 heavy (non-hydrogen) atoms. The minimum atomic E-state index is -0.329. The minimum absolute atomic E-state index is 0.170. The summed E-state index contributed by atoms with van der Waals surface area (Å²) >= 11 is 11.3. The lowest BCUT2D eigenvalue weighted by molar-refractivity contribution is 0.0977. The van der Waals surface area contributed by atoms with E-state index in [1.165, 1.54) is 0 Å². The molecule has 2 N–H and O–H groups in total. The molecule has 0 atom stereocenters. The third kappa shape index (κ3) is 5.54. The van der Waals surface area contributed by atoms with Gasteiger partial charge in [-0.15, -0.1) is 0 Å². The maximum atomic E-state index is 12.4. The van der Waals surface area contributed by atoms with Crippen molar-refractivity contribution in [2.24, 2.45) is 0 Å². The summed E-state index contributed by atoms with van der Waals surface area (Å²) in [7, 11) is 0. The Bertz CT molecular complexity index is 948. The average Bonchev–Trinajstić information content (AvgIpc) is 2.69. The monoisotopic (exact) mass is 396 g/mol. The number of para-hydroxylation sites is 1. The molecule has 3 rings (SSSR count). The average molecular weight is 397 g/mol. The lowest BCUT2D eigenvalue weighted by atomic mass is 10.2. The molecule has 0 fully saturated rings. The molecule has 3 aromatic carbocycles. The highest BCUT2D eigenvalue weighted by molar-refractivity contribution is 7.80. The van der Waals surface area contributed by atoms with Gasteiger partial charge in [0.25, 0.3) is 5.91 Å². The number of amides is 1. The number of anilines is 1. The summed E-state index contributed by atoms with van der Waals surface area (Å²) in [5.41, 5.74) is 2.13. The number of rotatable bonds is 5. The molecular formula is C21H17ClN2O2S. The Morgan fingerprint density at radius 3 is 2.48 bits per heavy atom. The lowest BCUT2D eigenvalue weighted by Gasteiger charge is -2.11. The van der Waals surface area contributed by atoms with E-state index in [1.807, 2.05) is 42.5 Å². The van der Waals surface area contributed by atoms with Crippen LogP contribution in [-0.2, 0) is 6.61 Å². The van der Waals surface area contributed by atoms with Gasteiger partial charge in [-0.3, -0.25) is 10.1 Å². The van der Waals surface area contributed by atoms with Gasteiger partial charge in [-0.1, -0.05) is 60.1 Å². The summed E-state index contributed by atoms with van der Waals surface area (Å²) in [6.07, 6.45) is 0. The molecule has 0 aliphatic heterocycles. The Morgan fingerprint density at radius 2 is 1.70 bits per heavy atom. The van der Waals surface area contributed by atoms with Crippen molar-refractivity contribution in [3.8, 4) is 5.75 Å². The van der Waals surface area contributed by atoms with Crippen molar-refractivity contribution in [3.05, 3.63) is 95.0 Å². The predicted octanol–water partition coefficient (Wildman–Crippen LogP) is 5.05. The second kappa shape index (κ2) is 9.16. The zero-order chi connectivity index (χ0) is 19.1. The second-order valence-corrected chi connectivity index (χ2v) is 6.51. The van der Waals surface area contributed by atoms with E-state index in [-0.39, 0.29) is 11.0 Å². The van der Waals surface area contributed by atoms with Crippen molar-refractivity contribution in [1.29, 1.82) is 0 Å². The first-order valence-corrected chi connectivity index (χ1v) is 9.04. The van der Waals surface area contributed by atoms with Gasteiger partial charge in [-0.25, -0.2) is 0 Å². The van der Waals surface area contributed by atoms with Crippen molar-refractivity contribution < 1.29 is 9.53 Å². The van der Waals surface area contributed by atoms with E-state index in [0.29, 0.717) is 28.6 Å². The maximum absolute atomic E-state index is 12.4. The number of hydrogen-bond donors (Lipinski definition) is 2. The second-order valence-electron chi connectivity index (χ2n) is 5.69. The van der Waals surface area contributed by atoms with Crippen molar-refractivity contribution in [1.82, 2.24) is 5.32 Å². The highest BCUT2D eigenvalue weighted by Gasteiger charge is 2.10. The van der Waals surface area contributed by atoms with E-state index in [2.05, 4.69) is 10.6 Å². The fraction of sp³-hybridized carbons (Fsp3) is 0.0476. The molecule has 0 saturated carbocycles. The zero-order valence-electron chi connectivity index (χ0n) is 14.3. The van der Waals surface area contributed by atoms with Crippen LogP contribution in [0, 0.1) is 0 Å². The fourth-order valence-electron chi connectivity index (χ4n) is 2.36. The van der Waals surface area contributed by atoms with E-state index < -0.39 is 0 Å². The van der Waals surface area contributed by atoms with Crippen molar-refractivity contribution in [3.63, 3.8) is 0 Å². The third-order valence-corrected chi connectivity index (χ3v) is 4.23. The summed E-state index contributed by atoms with van der Waals surface area (Å²) in [4.78, 5) is 12.4. The largest absolute Gasteiger partial charge is 0.489 e. The number of benzene rings is 3. The van der Waals surface area contributed by atoms with Gasteiger partial charge in [0, 0.05) is 5.56 Å². The smallest absolute Gasteiger partial charge is 0.257 e. The van der Waals surface area contributed by atoms with Crippen LogP contribution in [0.4, 0.5) is 5.69 Å². The summed E-state index contributed by atoms with van der Waals surface area (Å²) in [5, 5.41) is 6.24. The highest BCUT2D eigenvalue weighted by Crippen LogP contribution is 2.20. The number of nitrogens with one attached hydrogen (secondary N) is 2. The highest BCUT2D eigenvalue weighted by atomic mass is 35.5. The number of carbonyl (C=O) groups is 1. The molecule has 0 bridgehead atoms. The number of halogens is 1. The van der Waals surface area contributed by atoms with Crippen LogP contribution in [0.15, 0.2) is 78.9 Å². The topological polar surface area (TPSA) is 50.4 Å². The molecule has 4 nitrogen and oxygen atoms in total. The van der Waals surface area contributed by atoms with Crippen LogP contribution in [0.5, 0.6) is 5.75 Å². The van der Waals surface area contributed by atoms with E-state index in [4.69, 9.17) is 28.6 Å². The first-order valence-electron chi connectivity index (χ1n) is 8.25. The van der Waals surface area contributed by atoms with Gasteiger partial charge in [0.2, 0.25) is 0 Å². The number of carbonyl (C=O) groups excluding carboxylic acids is 1. The van der Waals surface area contributed by atoms with Gasteiger partial charge in [0.1, 0.15) is 12.4 Å². The predicted molar refractivity (Wildman–Crippen MR) is 112 cm³/mol. The van der Waals surface area contributed by atoms with Crippen molar-refractivity contribution in [2.75, 3.05) is 5.32 Å². The Kier molecular flexibility index (Phi) is 6.41. The van der Waals surface area contributed by atoms with Gasteiger partial charge in [0.15, 0.2) is 5.11 Å². The van der Waals surface area contributed by atoms with E-state index >= 15 is 0 Å². The standard InChI is InChI=1S/C21H17ClN2O2S/c22-18-11-4-5-12-19(18)23-21(27)24-20(25)16-9-6-10-17(13-16)26-14-15-7-2-1-3-8-15/h1-13H,14H2,(H2,23,24,25,27). The van der Waals surface area contributed by atoms with Gasteiger partial charge in [0.05, 0.1) is 10.7 Å². The molecule has 6 heteroatoms. The number of thiocarbonyl (C=S) groups is 1. The molecule has 136 valence electrons. The molecule has 0 spiro atoms. The molecular weight excluding hydrogens is 380 g/mol. The van der Waals surface area contributed by atoms with Crippen LogP contribution < -0.4 is 15.4 Å². The first kappa shape index (κ1) is 18.9. The lowest BCUT2D eigenvalue weighted by Crippen LogP contribution is -2.34. The van der Waals surface area contributed by atoms with Crippen LogP contribution in [0.2, 0.25) is 5.02 Å². The van der Waals surface area contributed by atoms with Gasteiger partial charge in [-0.2, -0.15) is 0 Å². The molecule has 0 radical (unpaired) electrons. The molecule has 0 aliphatic carbocycles. The molecule has 0 saturated heterocycles.